The molecule has 0 bridgehead atoms. The highest BCUT2D eigenvalue weighted by atomic mass is 16.5. The second-order valence-electron chi connectivity index (χ2n) is 6.76. The molecule has 1 aromatic rings. The van der Waals surface area contributed by atoms with Crippen LogP contribution < -0.4 is 5.32 Å². The molecule has 2 N–H and O–H groups in total. The summed E-state index contributed by atoms with van der Waals surface area (Å²) in [5.41, 5.74) is 1.06. The van der Waals surface area contributed by atoms with Crippen molar-refractivity contribution in [3.05, 3.63) is 35.9 Å². The maximum absolute atomic E-state index is 12.1. The lowest BCUT2D eigenvalue weighted by molar-refractivity contribution is -0.137. The minimum absolute atomic E-state index is 0.143. The van der Waals surface area contributed by atoms with Gasteiger partial charge in [-0.15, -0.1) is 0 Å². The number of aliphatic hydroxyl groups is 1. The van der Waals surface area contributed by atoms with Gasteiger partial charge in [-0.1, -0.05) is 50.1 Å². The number of carbonyl (C=O) groups is 1. The third-order valence-corrected chi connectivity index (χ3v) is 4.48. The van der Waals surface area contributed by atoms with Gasteiger partial charge in [0.15, 0.2) is 0 Å². The standard InChI is InChI=1S/C19H29NO3/c1-14-7-6-10-18(11-14)23-15(2)19(22)20-13-17(21)12-16-8-4-3-5-9-16/h3-5,8-9,14-15,17-18,21H,6-7,10-13H2,1-2H3,(H,20,22). The lowest BCUT2D eigenvalue weighted by atomic mass is 9.88. The molecular formula is C19H29NO3. The van der Waals surface area contributed by atoms with Crippen LogP contribution in [0.2, 0.25) is 0 Å². The van der Waals surface area contributed by atoms with Gasteiger partial charge in [-0.25, -0.2) is 0 Å². The average Bonchev–Trinajstić information content (AvgIpc) is 2.53. The van der Waals surface area contributed by atoms with E-state index in [-0.39, 0.29) is 18.6 Å². The van der Waals surface area contributed by atoms with Crippen molar-refractivity contribution in [2.45, 2.75) is 64.3 Å². The predicted molar refractivity (Wildman–Crippen MR) is 91.1 cm³/mol. The third-order valence-electron chi connectivity index (χ3n) is 4.48. The van der Waals surface area contributed by atoms with Gasteiger partial charge in [0.25, 0.3) is 0 Å². The van der Waals surface area contributed by atoms with Crippen LogP contribution >= 0.6 is 0 Å². The zero-order valence-corrected chi connectivity index (χ0v) is 14.2. The van der Waals surface area contributed by atoms with Crippen LogP contribution in [0.1, 0.15) is 45.1 Å². The summed E-state index contributed by atoms with van der Waals surface area (Å²) in [5, 5.41) is 12.8. The van der Waals surface area contributed by atoms with Crippen molar-refractivity contribution in [3.8, 4) is 0 Å². The lowest BCUT2D eigenvalue weighted by Gasteiger charge is -2.29. The topological polar surface area (TPSA) is 58.6 Å². The van der Waals surface area contributed by atoms with E-state index in [1.807, 2.05) is 30.3 Å². The number of ether oxygens (including phenoxy) is 1. The summed E-state index contributed by atoms with van der Waals surface area (Å²) in [7, 11) is 0. The number of nitrogens with one attached hydrogen (secondary N) is 1. The Morgan fingerprint density at radius 3 is 2.78 bits per heavy atom. The fourth-order valence-corrected chi connectivity index (χ4v) is 3.17. The Kier molecular flexibility index (Phi) is 7.06. The van der Waals surface area contributed by atoms with Crippen LogP contribution in [0, 0.1) is 5.92 Å². The van der Waals surface area contributed by atoms with E-state index >= 15 is 0 Å². The number of hydrogen-bond donors (Lipinski definition) is 2. The van der Waals surface area contributed by atoms with Crippen molar-refractivity contribution < 1.29 is 14.6 Å². The Morgan fingerprint density at radius 1 is 1.35 bits per heavy atom. The molecule has 1 fully saturated rings. The molecule has 0 heterocycles. The van der Waals surface area contributed by atoms with E-state index in [0.717, 1.165) is 18.4 Å². The summed E-state index contributed by atoms with van der Waals surface area (Å²) in [6.07, 6.45) is 4.19. The molecule has 2 rings (SSSR count). The molecule has 4 heteroatoms. The van der Waals surface area contributed by atoms with Gasteiger partial charge in [0.1, 0.15) is 6.10 Å². The molecule has 0 spiro atoms. The van der Waals surface area contributed by atoms with E-state index in [1.165, 1.54) is 12.8 Å². The number of aliphatic hydroxyl groups excluding tert-OH is 1. The average molecular weight is 319 g/mol. The van der Waals surface area contributed by atoms with Crippen LogP contribution in [0.25, 0.3) is 0 Å². The van der Waals surface area contributed by atoms with Gasteiger partial charge in [0, 0.05) is 13.0 Å². The first-order valence-electron chi connectivity index (χ1n) is 8.69. The van der Waals surface area contributed by atoms with Crippen molar-refractivity contribution in [3.63, 3.8) is 0 Å². The molecule has 23 heavy (non-hydrogen) atoms. The van der Waals surface area contributed by atoms with Crippen molar-refractivity contribution in [1.82, 2.24) is 5.32 Å². The van der Waals surface area contributed by atoms with Crippen molar-refractivity contribution in [1.29, 1.82) is 0 Å². The van der Waals surface area contributed by atoms with Crippen LogP contribution in [0.5, 0.6) is 0 Å². The fourth-order valence-electron chi connectivity index (χ4n) is 3.17. The molecule has 0 aliphatic heterocycles. The van der Waals surface area contributed by atoms with Crippen LogP contribution in [-0.2, 0) is 16.0 Å². The molecule has 0 radical (unpaired) electrons. The Bertz CT molecular complexity index is 477. The zero-order chi connectivity index (χ0) is 16.7. The van der Waals surface area contributed by atoms with E-state index in [0.29, 0.717) is 12.3 Å². The summed E-state index contributed by atoms with van der Waals surface area (Å²) >= 11 is 0. The van der Waals surface area contributed by atoms with E-state index in [9.17, 15) is 9.90 Å². The minimum Gasteiger partial charge on any atom is -0.391 e. The molecule has 4 nitrogen and oxygen atoms in total. The number of benzene rings is 1. The molecule has 1 aliphatic carbocycles. The zero-order valence-electron chi connectivity index (χ0n) is 14.2. The molecule has 1 aromatic carbocycles. The van der Waals surface area contributed by atoms with Crippen molar-refractivity contribution >= 4 is 5.91 Å². The van der Waals surface area contributed by atoms with E-state index in [1.54, 1.807) is 6.92 Å². The van der Waals surface area contributed by atoms with Gasteiger partial charge in [0.2, 0.25) is 5.91 Å². The Morgan fingerprint density at radius 2 is 2.09 bits per heavy atom. The molecule has 4 atom stereocenters. The largest absolute Gasteiger partial charge is 0.391 e. The highest BCUT2D eigenvalue weighted by Crippen LogP contribution is 2.26. The fraction of sp³-hybridized carbons (Fsp3) is 0.632. The van der Waals surface area contributed by atoms with Gasteiger partial charge in [-0.05, 0) is 31.2 Å². The first-order chi connectivity index (χ1) is 11.0. The van der Waals surface area contributed by atoms with Crippen LogP contribution in [0.3, 0.4) is 0 Å². The Labute approximate surface area is 139 Å². The van der Waals surface area contributed by atoms with Gasteiger partial charge in [0.05, 0.1) is 12.2 Å². The Balaban J connectivity index is 1.69. The molecule has 1 aliphatic rings. The summed E-state index contributed by atoms with van der Waals surface area (Å²) in [6, 6.07) is 9.79. The van der Waals surface area contributed by atoms with E-state index in [4.69, 9.17) is 4.74 Å². The summed E-state index contributed by atoms with van der Waals surface area (Å²) in [4.78, 5) is 12.1. The first kappa shape index (κ1) is 18.0. The highest BCUT2D eigenvalue weighted by molar-refractivity contribution is 5.80. The summed E-state index contributed by atoms with van der Waals surface area (Å²) in [6.45, 7) is 4.28. The molecule has 0 aromatic heterocycles. The second kappa shape index (κ2) is 9.04. The van der Waals surface area contributed by atoms with Crippen LogP contribution in [0.15, 0.2) is 30.3 Å². The molecule has 1 amide bonds. The van der Waals surface area contributed by atoms with Gasteiger partial charge in [-0.2, -0.15) is 0 Å². The lowest BCUT2D eigenvalue weighted by Crippen LogP contribution is -2.41. The quantitative estimate of drug-likeness (QED) is 0.812. The second-order valence-corrected chi connectivity index (χ2v) is 6.76. The monoisotopic (exact) mass is 319 g/mol. The number of amides is 1. The number of hydrogen-bond acceptors (Lipinski definition) is 3. The van der Waals surface area contributed by atoms with E-state index < -0.39 is 12.2 Å². The summed E-state index contributed by atoms with van der Waals surface area (Å²) in [5.74, 6) is 0.534. The van der Waals surface area contributed by atoms with Gasteiger partial charge >= 0.3 is 0 Å². The molecule has 4 unspecified atom stereocenters. The number of rotatable bonds is 7. The maximum Gasteiger partial charge on any atom is 0.248 e. The molecule has 0 saturated heterocycles. The van der Waals surface area contributed by atoms with Crippen molar-refractivity contribution in [2.75, 3.05) is 6.54 Å². The van der Waals surface area contributed by atoms with Gasteiger partial charge < -0.3 is 15.2 Å². The number of carbonyl (C=O) groups excluding carboxylic acids is 1. The summed E-state index contributed by atoms with van der Waals surface area (Å²) < 4.78 is 5.88. The normalized spacial score (nSPS) is 24.0. The molecular weight excluding hydrogens is 290 g/mol. The van der Waals surface area contributed by atoms with Gasteiger partial charge in [-0.3, -0.25) is 4.79 Å². The Hall–Kier alpha value is -1.39. The van der Waals surface area contributed by atoms with Crippen molar-refractivity contribution in [2.24, 2.45) is 5.92 Å². The SMILES string of the molecule is CC1CCCC(OC(C)C(=O)NCC(O)Cc2ccccc2)C1. The van der Waals surface area contributed by atoms with Crippen LogP contribution in [0.4, 0.5) is 0 Å². The van der Waals surface area contributed by atoms with E-state index in [2.05, 4.69) is 12.2 Å². The smallest absolute Gasteiger partial charge is 0.248 e. The van der Waals surface area contributed by atoms with Crippen LogP contribution in [-0.4, -0.2) is 35.9 Å². The highest BCUT2D eigenvalue weighted by Gasteiger charge is 2.24. The minimum atomic E-state index is -0.580. The predicted octanol–water partition coefficient (Wildman–Crippen LogP) is 2.69. The molecule has 128 valence electrons. The third kappa shape index (κ3) is 6.32. The maximum atomic E-state index is 12.1. The molecule has 1 saturated carbocycles. The first-order valence-corrected chi connectivity index (χ1v) is 8.69.